The summed E-state index contributed by atoms with van der Waals surface area (Å²) >= 11 is 0. The van der Waals surface area contributed by atoms with Gasteiger partial charge in [0.2, 0.25) is 5.69 Å². The van der Waals surface area contributed by atoms with E-state index in [1.54, 1.807) is 6.21 Å². The van der Waals surface area contributed by atoms with E-state index in [9.17, 15) is 5.21 Å². The van der Waals surface area contributed by atoms with Gasteiger partial charge in [-0.05, 0) is 49.6 Å². The number of aryl methyl sites for hydroxylation is 2. The van der Waals surface area contributed by atoms with Gasteiger partial charge in [-0.15, -0.1) is 0 Å². The molecule has 0 aliphatic carbocycles. The molecular weight excluding hydrogens is 222 g/mol. The molecule has 92 valence electrons. The Morgan fingerprint density at radius 1 is 0.944 bits per heavy atom. The molecule has 2 nitrogen and oxygen atoms in total. The molecule has 0 saturated carbocycles. The van der Waals surface area contributed by atoms with Crippen molar-refractivity contribution in [2.45, 2.75) is 20.8 Å². The lowest BCUT2D eigenvalue weighted by molar-refractivity contribution is -0.354. The van der Waals surface area contributed by atoms with Crippen LogP contribution < -0.4 is 0 Å². The molecule has 0 heterocycles. The van der Waals surface area contributed by atoms with Crippen molar-refractivity contribution in [1.82, 2.24) is 0 Å². The van der Waals surface area contributed by atoms with Crippen LogP contribution >= 0.6 is 0 Å². The molecule has 0 bridgehead atoms. The average molecular weight is 239 g/mol. The summed E-state index contributed by atoms with van der Waals surface area (Å²) in [6.07, 6.45) is 1.60. The lowest BCUT2D eigenvalue weighted by Crippen LogP contribution is -2.00. The number of rotatable bonds is 2. The summed E-state index contributed by atoms with van der Waals surface area (Å²) in [5, 5.41) is 12.1. The van der Waals surface area contributed by atoms with Crippen molar-refractivity contribution in [1.29, 1.82) is 0 Å². The van der Waals surface area contributed by atoms with E-state index in [2.05, 4.69) is 6.92 Å². The van der Waals surface area contributed by atoms with Gasteiger partial charge in [-0.25, -0.2) is 0 Å². The number of benzene rings is 2. The smallest absolute Gasteiger partial charge is 0.217 e. The van der Waals surface area contributed by atoms with Crippen molar-refractivity contribution < 1.29 is 4.74 Å². The third-order valence-corrected chi connectivity index (χ3v) is 3.23. The standard InChI is InChI=1S/C16H17NO/c1-12-9-16(10-13(2)14(12)3)17(18)11-15-7-5-4-6-8-15/h4-11H,1-3H3. The van der Waals surface area contributed by atoms with Crippen LogP contribution in [0, 0.1) is 26.0 Å². The summed E-state index contributed by atoms with van der Waals surface area (Å²) in [5.74, 6) is 0. The Kier molecular flexibility index (Phi) is 3.47. The van der Waals surface area contributed by atoms with Crippen molar-refractivity contribution in [3.8, 4) is 0 Å². The second-order valence-corrected chi connectivity index (χ2v) is 4.57. The van der Waals surface area contributed by atoms with E-state index in [0.717, 1.165) is 21.4 Å². The van der Waals surface area contributed by atoms with Crippen LogP contribution in [0.25, 0.3) is 0 Å². The average Bonchev–Trinajstić information content (AvgIpc) is 2.36. The Balaban J connectivity index is 2.40. The first kappa shape index (κ1) is 12.4. The van der Waals surface area contributed by atoms with E-state index < -0.39 is 0 Å². The molecule has 2 aromatic rings. The minimum Gasteiger partial charge on any atom is -0.618 e. The highest BCUT2D eigenvalue weighted by Crippen LogP contribution is 2.20. The molecule has 18 heavy (non-hydrogen) atoms. The SMILES string of the molecule is Cc1cc([N+]([O-])=Cc2ccccc2)cc(C)c1C. The van der Waals surface area contributed by atoms with Crippen molar-refractivity contribution in [2.75, 3.05) is 0 Å². The molecule has 0 amide bonds. The summed E-state index contributed by atoms with van der Waals surface area (Å²) in [7, 11) is 0. The zero-order valence-electron chi connectivity index (χ0n) is 11.0. The Morgan fingerprint density at radius 2 is 1.50 bits per heavy atom. The number of nitrogens with zero attached hydrogens (tertiary/aromatic N) is 1. The third-order valence-electron chi connectivity index (χ3n) is 3.23. The van der Waals surface area contributed by atoms with Crippen LogP contribution in [0.4, 0.5) is 5.69 Å². The van der Waals surface area contributed by atoms with Gasteiger partial charge in [-0.2, -0.15) is 4.74 Å². The van der Waals surface area contributed by atoms with Gasteiger partial charge in [0, 0.05) is 17.7 Å². The van der Waals surface area contributed by atoms with Crippen LogP contribution in [-0.4, -0.2) is 11.0 Å². The first-order chi connectivity index (χ1) is 8.58. The topological polar surface area (TPSA) is 26.1 Å². The van der Waals surface area contributed by atoms with Crippen LogP contribution in [0.1, 0.15) is 22.3 Å². The highest BCUT2D eigenvalue weighted by atomic mass is 16.5. The van der Waals surface area contributed by atoms with E-state index in [0.29, 0.717) is 5.69 Å². The minimum atomic E-state index is 0.680. The Labute approximate surface area is 108 Å². The highest BCUT2D eigenvalue weighted by molar-refractivity contribution is 5.76. The second kappa shape index (κ2) is 5.05. The van der Waals surface area contributed by atoms with E-state index >= 15 is 0 Å². The molecule has 0 atom stereocenters. The van der Waals surface area contributed by atoms with E-state index in [4.69, 9.17) is 0 Å². The first-order valence-electron chi connectivity index (χ1n) is 6.02. The van der Waals surface area contributed by atoms with Crippen LogP contribution in [0.5, 0.6) is 0 Å². The van der Waals surface area contributed by atoms with Gasteiger partial charge in [0.15, 0.2) is 6.21 Å². The molecule has 2 aromatic carbocycles. The fourth-order valence-electron chi connectivity index (χ4n) is 1.89. The maximum Gasteiger partial charge on any atom is 0.217 e. The van der Waals surface area contributed by atoms with E-state index in [1.807, 2.05) is 56.3 Å². The zero-order valence-corrected chi connectivity index (χ0v) is 11.0. The van der Waals surface area contributed by atoms with Crippen LogP contribution in [0.3, 0.4) is 0 Å². The molecule has 0 fully saturated rings. The van der Waals surface area contributed by atoms with E-state index in [-0.39, 0.29) is 0 Å². The molecule has 0 aromatic heterocycles. The predicted octanol–water partition coefficient (Wildman–Crippen LogP) is 3.87. The summed E-state index contributed by atoms with van der Waals surface area (Å²) in [6.45, 7) is 6.13. The van der Waals surface area contributed by atoms with Gasteiger partial charge in [0.05, 0.1) is 0 Å². The van der Waals surface area contributed by atoms with Gasteiger partial charge in [0.1, 0.15) is 0 Å². The second-order valence-electron chi connectivity index (χ2n) is 4.57. The van der Waals surface area contributed by atoms with Crippen molar-refractivity contribution in [3.63, 3.8) is 0 Å². The van der Waals surface area contributed by atoms with Gasteiger partial charge in [-0.1, -0.05) is 18.2 Å². The fraction of sp³-hybridized carbons (Fsp3) is 0.188. The van der Waals surface area contributed by atoms with Gasteiger partial charge < -0.3 is 5.21 Å². The van der Waals surface area contributed by atoms with Gasteiger partial charge in [0.25, 0.3) is 0 Å². The zero-order chi connectivity index (χ0) is 13.1. The summed E-state index contributed by atoms with van der Waals surface area (Å²) in [6, 6.07) is 13.5. The molecule has 0 unspecified atom stereocenters. The van der Waals surface area contributed by atoms with Crippen LogP contribution in [0.15, 0.2) is 42.5 Å². The minimum absolute atomic E-state index is 0.680. The highest BCUT2D eigenvalue weighted by Gasteiger charge is 2.06. The summed E-state index contributed by atoms with van der Waals surface area (Å²) in [5.41, 5.74) is 5.12. The summed E-state index contributed by atoms with van der Waals surface area (Å²) < 4.78 is 0.925. The molecule has 0 radical (unpaired) electrons. The molecule has 0 aliphatic heterocycles. The van der Waals surface area contributed by atoms with Crippen molar-refractivity contribution in [3.05, 3.63) is 69.9 Å². The molecule has 0 spiro atoms. The lowest BCUT2D eigenvalue weighted by atomic mass is 10.0. The quantitative estimate of drug-likeness (QED) is 0.338. The van der Waals surface area contributed by atoms with Crippen LogP contribution in [-0.2, 0) is 0 Å². The molecule has 2 heteroatoms. The Hall–Kier alpha value is -2.09. The molecule has 0 N–H and O–H groups in total. The molecule has 2 rings (SSSR count). The maximum atomic E-state index is 12.1. The lowest BCUT2D eigenvalue weighted by Gasteiger charge is -2.08. The maximum absolute atomic E-state index is 12.1. The number of hydrogen-bond acceptors (Lipinski definition) is 1. The predicted molar refractivity (Wildman–Crippen MR) is 75.5 cm³/mol. The van der Waals surface area contributed by atoms with E-state index in [1.165, 1.54) is 5.56 Å². The fourth-order valence-corrected chi connectivity index (χ4v) is 1.89. The molecule has 0 saturated heterocycles. The van der Waals surface area contributed by atoms with Crippen LogP contribution in [0.2, 0.25) is 0 Å². The normalized spacial score (nSPS) is 11.6. The van der Waals surface area contributed by atoms with Gasteiger partial charge in [-0.3, -0.25) is 0 Å². The van der Waals surface area contributed by atoms with Crippen molar-refractivity contribution in [2.24, 2.45) is 0 Å². The molecular formula is C16H17NO. The monoisotopic (exact) mass is 239 g/mol. The largest absolute Gasteiger partial charge is 0.618 e. The Morgan fingerprint density at radius 3 is 2.06 bits per heavy atom. The summed E-state index contributed by atoms with van der Waals surface area (Å²) in [4.78, 5) is 0. The van der Waals surface area contributed by atoms with Gasteiger partial charge >= 0.3 is 0 Å². The molecule has 0 aliphatic rings. The third kappa shape index (κ3) is 2.59. The first-order valence-corrected chi connectivity index (χ1v) is 6.02. The number of hydrogen-bond donors (Lipinski definition) is 0. The Bertz CT molecular complexity index is 562. The van der Waals surface area contributed by atoms with Crippen molar-refractivity contribution >= 4 is 11.9 Å².